The molecule has 1 aliphatic carbocycles. The Kier molecular flexibility index (Phi) is 6.53. The number of nitrogens with zero attached hydrogens (tertiary/aromatic N) is 2. The third-order valence-corrected chi connectivity index (χ3v) is 7.63. The van der Waals surface area contributed by atoms with Crippen LogP contribution < -0.4 is 15.4 Å². The van der Waals surface area contributed by atoms with Crippen LogP contribution in [0.3, 0.4) is 0 Å². The highest BCUT2D eigenvalue weighted by Gasteiger charge is 2.46. The fraction of sp³-hybridized carbons (Fsp3) is 0.370. The highest BCUT2D eigenvalue weighted by Crippen LogP contribution is 2.44. The second-order valence-corrected chi connectivity index (χ2v) is 11.9. The number of para-hydroxylation sites is 1. The van der Waals surface area contributed by atoms with Crippen LogP contribution in [-0.2, 0) is 33.0 Å². The number of aromatic nitrogens is 2. The molecular weight excluding hydrogens is 492 g/mol. The molecule has 1 atom stereocenters. The number of hydrogen-bond acceptors (Lipinski definition) is 6. The van der Waals surface area contributed by atoms with Crippen molar-refractivity contribution in [2.24, 2.45) is 0 Å². The average Bonchev–Trinajstić information content (AvgIpc) is 3.37. The Morgan fingerprint density at radius 3 is 2.73 bits per heavy atom. The number of anilines is 1. The smallest absolute Gasteiger partial charge is 0.257 e. The van der Waals surface area contributed by atoms with E-state index in [0.29, 0.717) is 24.4 Å². The summed E-state index contributed by atoms with van der Waals surface area (Å²) in [5.74, 6) is -0.772. The van der Waals surface area contributed by atoms with Gasteiger partial charge < -0.3 is 15.4 Å². The molecule has 2 aliphatic rings. The number of ether oxygens (including phenoxy) is 1. The van der Waals surface area contributed by atoms with E-state index in [9.17, 15) is 18.0 Å². The topological polar surface area (TPSA) is 119 Å². The standard InChI is InChI=1S/C27H30N4O5S/c1-3-4-14-36-20-10-11-21-18(15-20)12-13-27(21)16-22-24(26(33)29-27)25(28-23(32)17-37(2,34)35)31(30-22)19-8-6-5-7-9-19/h5-11,15H,3-4,12-14,16-17H2,1-2H3,(H,28,32)(H,29,33)/t27-/m0/s1. The lowest BCUT2D eigenvalue weighted by atomic mass is 9.82. The van der Waals surface area contributed by atoms with Crippen molar-refractivity contribution in [2.75, 3.05) is 23.9 Å². The van der Waals surface area contributed by atoms with E-state index in [4.69, 9.17) is 9.84 Å². The lowest BCUT2D eigenvalue weighted by Gasteiger charge is -2.35. The molecule has 0 saturated carbocycles. The number of fused-ring (bicyclic) bond motifs is 3. The molecule has 37 heavy (non-hydrogen) atoms. The monoisotopic (exact) mass is 522 g/mol. The Balaban J connectivity index is 1.51. The molecule has 9 nitrogen and oxygen atoms in total. The molecule has 194 valence electrons. The Hall–Kier alpha value is -3.66. The predicted molar refractivity (Wildman–Crippen MR) is 140 cm³/mol. The lowest BCUT2D eigenvalue weighted by molar-refractivity contribution is -0.113. The van der Waals surface area contributed by atoms with E-state index < -0.39 is 27.0 Å². The van der Waals surface area contributed by atoms with Gasteiger partial charge >= 0.3 is 0 Å². The van der Waals surface area contributed by atoms with Crippen LogP contribution in [0.2, 0.25) is 0 Å². The van der Waals surface area contributed by atoms with E-state index in [2.05, 4.69) is 23.6 Å². The minimum absolute atomic E-state index is 0.167. The molecule has 1 aromatic heterocycles. The van der Waals surface area contributed by atoms with Gasteiger partial charge in [0.15, 0.2) is 9.84 Å². The summed E-state index contributed by atoms with van der Waals surface area (Å²) in [4.78, 5) is 26.1. The van der Waals surface area contributed by atoms with Crippen LogP contribution in [0.4, 0.5) is 5.82 Å². The number of carbonyl (C=O) groups excluding carboxylic acids is 2. The van der Waals surface area contributed by atoms with Crippen LogP contribution in [-0.4, -0.2) is 48.6 Å². The van der Waals surface area contributed by atoms with Gasteiger partial charge in [0.25, 0.3) is 5.91 Å². The second kappa shape index (κ2) is 9.66. The van der Waals surface area contributed by atoms with Crippen molar-refractivity contribution >= 4 is 27.5 Å². The molecule has 2 N–H and O–H groups in total. The summed E-state index contributed by atoms with van der Waals surface area (Å²) >= 11 is 0. The van der Waals surface area contributed by atoms with Crippen molar-refractivity contribution in [2.45, 2.75) is 44.6 Å². The summed E-state index contributed by atoms with van der Waals surface area (Å²) < 4.78 is 30.8. The van der Waals surface area contributed by atoms with Gasteiger partial charge in [-0.3, -0.25) is 9.59 Å². The molecule has 2 aromatic carbocycles. The van der Waals surface area contributed by atoms with Gasteiger partial charge in [-0.05, 0) is 54.7 Å². The first-order valence-electron chi connectivity index (χ1n) is 12.4. The highest BCUT2D eigenvalue weighted by molar-refractivity contribution is 7.91. The Bertz CT molecular complexity index is 1470. The third-order valence-electron chi connectivity index (χ3n) is 6.84. The third kappa shape index (κ3) is 4.98. The van der Waals surface area contributed by atoms with Crippen molar-refractivity contribution in [1.29, 1.82) is 0 Å². The van der Waals surface area contributed by atoms with Crippen molar-refractivity contribution in [1.82, 2.24) is 15.1 Å². The van der Waals surface area contributed by atoms with Gasteiger partial charge in [0.05, 0.1) is 23.5 Å². The number of hydrogen-bond donors (Lipinski definition) is 2. The maximum Gasteiger partial charge on any atom is 0.257 e. The maximum atomic E-state index is 13.6. The quantitative estimate of drug-likeness (QED) is 0.439. The second-order valence-electron chi connectivity index (χ2n) is 9.77. The normalized spacial score (nSPS) is 18.3. The van der Waals surface area contributed by atoms with Gasteiger partial charge in [-0.15, -0.1) is 0 Å². The number of rotatable bonds is 8. The van der Waals surface area contributed by atoms with Crippen LogP contribution in [0.15, 0.2) is 48.5 Å². The van der Waals surface area contributed by atoms with E-state index >= 15 is 0 Å². The summed E-state index contributed by atoms with van der Waals surface area (Å²) in [7, 11) is -3.55. The fourth-order valence-electron chi connectivity index (χ4n) is 5.18. The van der Waals surface area contributed by atoms with Gasteiger partial charge in [0.2, 0.25) is 5.91 Å². The minimum Gasteiger partial charge on any atom is -0.494 e. The summed E-state index contributed by atoms with van der Waals surface area (Å²) in [5.41, 5.74) is 3.04. The summed E-state index contributed by atoms with van der Waals surface area (Å²) in [5, 5.41) is 10.6. The Morgan fingerprint density at radius 1 is 1.22 bits per heavy atom. The number of aryl methyl sites for hydroxylation is 1. The zero-order valence-electron chi connectivity index (χ0n) is 20.9. The molecule has 0 saturated heterocycles. The minimum atomic E-state index is -3.55. The lowest BCUT2D eigenvalue weighted by Crippen LogP contribution is -2.49. The van der Waals surface area contributed by atoms with Crippen LogP contribution in [0, 0.1) is 0 Å². The van der Waals surface area contributed by atoms with E-state index in [1.165, 1.54) is 4.68 Å². The number of sulfone groups is 1. The molecule has 1 spiro atoms. The maximum absolute atomic E-state index is 13.6. The molecule has 0 radical (unpaired) electrons. The zero-order chi connectivity index (χ0) is 26.2. The van der Waals surface area contributed by atoms with E-state index in [-0.39, 0.29) is 17.3 Å². The average molecular weight is 523 g/mol. The molecule has 10 heteroatoms. The number of carbonyl (C=O) groups is 2. The molecule has 0 fully saturated rings. The Labute approximate surface area is 216 Å². The van der Waals surface area contributed by atoms with E-state index in [1.54, 1.807) is 0 Å². The summed E-state index contributed by atoms with van der Waals surface area (Å²) in [6.07, 6.45) is 5.02. The number of nitrogens with one attached hydrogen (secondary N) is 2. The molecule has 2 amide bonds. The number of benzene rings is 2. The molecule has 3 aromatic rings. The Morgan fingerprint density at radius 2 is 2.00 bits per heavy atom. The van der Waals surface area contributed by atoms with Crippen molar-refractivity contribution < 1.29 is 22.7 Å². The number of unbranched alkanes of at least 4 members (excludes halogenated alkanes) is 1. The van der Waals surface area contributed by atoms with Gasteiger partial charge in [-0.2, -0.15) is 5.10 Å². The number of amides is 2. The van der Waals surface area contributed by atoms with Gasteiger partial charge in [0.1, 0.15) is 22.9 Å². The van der Waals surface area contributed by atoms with Crippen LogP contribution in [0.25, 0.3) is 5.69 Å². The SMILES string of the molecule is CCCCOc1ccc2c(c1)CC[C@]21Cc2nn(-c3ccccc3)c(NC(=O)CS(C)(=O)=O)c2C(=O)N1. The van der Waals surface area contributed by atoms with Crippen molar-refractivity contribution in [3.8, 4) is 11.4 Å². The van der Waals surface area contributed by atoms with Crippen LogP contribution in [0.5, 0.6) is 5.75 Å². The first kappa shape index (κ1) is 25.0. The van der Waals surface area contributed by atoms with Gasteiger partial charge in [-0.1, -0.05) is 37.6 Å². The molecular formula is C27H30N4O5S. The van der Waals surface area contributed by atoms with Crippen molar-refractivity contribution in [3.05, 3.63) is 70.9 Å². The molecule has 0 bridgehead atoms. The predicted octanol–water partition coefficient (Wildman–Crippen LogP) is 3.16. The summed E-state index contributed by atoms with van der Waals surface area (Å²) in [6, 6.07) is 15.2. The van der Waals surface area contributed by atoms with Crippen LogP contribution in [0.1, 0.15) is 53.4 Å². The van der Waals surface area contributed by atoms with Gasteiger partial charge in [0, 0.05) is 12.7 Å². The molecule has 2 heterocycles. The molecule has 5 rings (SSSR count). The fourth-order valence-corrected chi connectivity index (χ4v) is 5.73. The zero-order valence-corrected chi connectivity index (χ0v) is 21.7. The van der Waals surface area contributed by atoms with E-state index in [0.717, 1.165) is 48.8 Å². The largest absolute Gasteiger partial charge is 0.494 e. The van der Waals surface area contributed by atoms with Gasteiger partial charge in [-0.25, -0.2) is 13.1 Å². The van der Waals surface area contributed by atoms with Crippen LogP contribution >= 0.6 is 0 Å². The van der Waals surface area contributed by atoms with Crippen molar-refractivity contribution in [3.63, 3.8) is 0 Å². The summed E-state index contributed by atoms with van der Waals surface area (Å²) in [6.45, 7) is 2.79. The first-order chi connectivity index (χ1) is 17.7. The van der Waals surface area contributed by atoms with E-state index in [1.807, 2.05) is 42.5 Å². The molecule has 1 aliphatic heterocycles. The first-order valence-corrected chi connectivity index (χ1v) is 14.5. The highest BCUT2D eigenvalue weighted by atomic mass is 32.2. The molecule has 0 unspecified atom stereocenters.